The van der Waals surface area contributed by atoms with Gasteiger partial charge in [0.1, 0.15) is 9.88 Å². The van der Waals surface area contributed by atoms with E-state index in [1.54, 1.807) is 32.0 Å². The summed E-state index contributed by atoms with van der Waals surface area (Å²) >= 11 is 7.04. The summed E-state index contributed by atoms with van der Waals surface area (Å²) in [6.45, 7) is 3.59. The highest BCUT2D eigenvalue weighted by Crippen LogP contribution is 2.20. The van der Waals surface area contributed by atoms with Crippen molar-refractivity contribution < 1.29 is 14.7 Å². The normalized spacial score (nSPS) is 10.4. The molecule has 1 aromatic heterocycles. The number of hydrogen-bond donors (Lipinski definition) is 2. The lowest BCUT2D eigenvalue weighted by atomic mass is 10.1. The second-order valence-corrected chi connectivity index (χ2v) is 5.91. The molecule has 7 heteroatoms. The molecule has 1 aromatic carbocycles. The summed E-state index contributed by atoms with van der Waals surface area (Å²) < 4.78 is 0. The third-order valence-electron chi connectivity index (χ3n) is 2.95. The number of carbonyl (C=O) groups excluding carboxylic acids is 1. The van der Waals surface area contributed by atoms with Gasteiger partial charge in [0, 0.05) is 10.6 Å². The number of amides is 1. The lowest BCUT2D eigenvalue weighted by Gasteiger charge is -2.07. The molecule has 110 valence electrons. The van der Waals surface area contributed by atoms with Crippen LogP contribution in [0.3, 0.4) is 0 Å². The Morgan fingerprint density at radius 1 is 1.38 bits per heavy atom. The molecular formula is C14H13ClN2O3S. The second kappa shape index (κ2) is 6.24. The molecule has 2 rings (SSSR count). The van der Waals surface area contributed by atoms with Crippen molar-refractivity contribution in [3.63, 3.8) is 0 Å². The molecule has 0 bridgehead atoms. The Labute approximate surface area is 130 Å². The highest BCUT2D eigenvalue weighted by molar-refractivity contribution is 7.13. The van der Waals surface area contributed by atoms with Crippen molar-refractivity contribution in [3.05, 3.63) is 49.9 Å². The van der Waals surface area contributed by atoms with Crippen LogP contribution in [-0.4, -0.2) is 22.0 Å². The minimum absolute atomic E-state index is 0.184. The number of aromatic nitrogens is 1. The van der Waals surface area contributed by atoms with Gasteiger partial charge in [-0.15, -0.1) is 11.3 Å². The molecule has 0 aliphatic carbocycles. The number of rotatable bonds is 4. The van der Waals surface area contributed by atoms with Crippen molar-refractivity contribution in [3.8, 4) is 0 Å². The molecule has 0 saturated carbocycles. The first kappa shape index (κ1) is 15.5. The van der Waals surface area contributed by atoms with Gasteiger partial charge in [-0.2, -0.15) is 0 Å². The monoisotopic (exact) mass is 324 g/mol. The number of carboxylic acid groups (broad SMARTS) is 1. The number of nitrogens with zero attached hydrogens (tertiary/aromatic N) is 1. The van der Waals surface area contributed by atoms with Gasteiger partial charge in [-0.1, -0.05) is 17.7 Å². The van der Waals surface area contributed by atoms with Crippen molar-refractivity contribution in [2.45, 2.75) is 20.4 Å². The summed E-state index contributed by atoms with van der Waals surface area (Å²) in [5.74, 6) is -1.27. The van der Waals surface area contributed by atoms with Crippen LogP contribution in [0.4, 0.5) is 0 Å². The number of thiazole rings is 1. The maximum atomic E-state index is 12.1. The van der Waals surface area contributed by atoms with Gasteiger partial charge in [0.05, 0.1) is 12.2 Å². The summed E-state index contributed by atoms with van der Waals surface area (Å²) in [4.78, 5) is 27.4. The van der Waals surface area contributed by atoms with E-state index in [0.717, 1.165) is 11.3 Å². The molecule has 2 N–H and O–H groups in total. The first-order chi connectivity index (χ1) is 9.90. The first-order valence-electron chi connectivity index (χ1n) is 6.13. The van der Waals surface area contributed by atoms with Crippen LogP contribution in [0.15, 0.2) is 18.2 Å². The van der Waals surface area contributed by atoms with Gasteiger partial charge >= 0.3 is 5.97 Å². The predicted molar refractivity (Wildman–Crippen MR) is 81.2 cm³/mol. The van der Waals surface area contributed by atoms with E-state index in [0.29, 0.717) is 26.9 Å². The fourth-order valence-corrected chi connectivity index (χ4v) is 2.85. The fraction of sp³-hybridized carbons (Fsp3) is 0.214. The fourth-order valence-electron chi connectivity index (χ4n) is 1.83. The first-order valence-corrected chi connectivity index (χ1v) is 7.32. The van der Waals surface area contributed by atoms with Gasteiger partial charge in [-0.3, -0.25) is 4.79 Å². The molecule has 0 unspecified atom stereocenters. The molecule has 21 heavy (non-hydrogen) atoms. The Morgan fingerprint density at radius 3 is 2.71 bits per heavy atom. The topological polar surface area (TPSA) is 79.3 Å². The Bertz CT molecular complexity index is 712. The number of halogens is 1. The Balaban J connectivity index is 2.09. The maximum absolute atomic E-state index is 12.1. The molecule has 0 spiro atoms. The van der Waals surface area contributed by atoms with Gasteiger partial charge < -0.3 is 10.4 Å². The summed E-state index contributed by atoms with van der Waals surface area (Å²) in [6, 6.07) is 5.11. The number of carboxylic acids is 1. The highest BCUT2D eigenvalue weighted by Gasteiger charge is 2.15. The summed E-state index contributed by atoms with van der Waals surface area (Å²) in [5.41, 5.74) is 1.66. The van der Waals surface area contributed by atoms with E-state index in [1.807, 2.05) is 0 Å². The highest BCUT2D eigenvalue weighted by atomic mass is 35.5. The van der Waals surface area contributed by atoms with Gasteiger partial charge in [0.25, 0.3) is 5.91 Å². The number of hydrogen-bond acceptors (Lipinski definition) is 4. The smallest absolute Gasteiger partial charge is 0.347 e. The van der Waals surface area contributed by atoms with Gasteiger partial charge in [0.15, 0.2) is 0 Å². The minimum Gasteiger partial charge on any atom is -0.477 e. The van der Waals surface area contributed by atoms with Crippen LogP contribution in [0.25, 0.3) is 0 Å². The molecule has 0 saturated heterocycles. The van der Waals surface area contributed by atoms with Crippen molar-refractivity contribution in [1.82, 2.24) is 10.3 Å². The van der Waals surface area contributed by atoms with E-state index >= 15 is 0 Å². The van der Waals surface area contributed by atoms with E-state index in [9.17, 15) is 9.59 Å². The van der Waals surface area contributed by atoms with Crippen LogP contribution in [0.1, 0.15) is 36.3 Å². The summed E-state index contributed by atoms with van der Waals surface area (Å²) in [7, 11) is 0. The van der Waals surface area contributed by atoms with Crippen LogP contribution >= 0.6 is 22.9 Å². The van der Waals surface area contributed by atoms with Gasteiger partial charge in [-0.25, -0.2) is 9.78 Å². The third-order valence-corrected chi connectivity index (χ3v) is 4.50. The van der Waals surface area contributed by atoms with E-state index in [4.69, 9.17) is 16.7 Å². The molecule has 0 radical (unpaired) electrons. The van der Waals surface area contributed by atoms with Gasteiger partial charge in [-0.05, 0) is 31.5 Å². The van der Waals surface area contributed by atoms with Crippen LogP contribution in [0, 0.1) is 13.8 Å². The second-order valence-electron chi connectivity index (χ2n) is 4.42. The largest absolute Gasteiger partial charge is 0.477 e. The van der Waals surface area contributed by atoms with Crippen LogP contribution in [0.2, 0.25) is 5.02 Å². The molecule has 1 heterocycles. The lowest BCUT2D eigenvalue weighted by molar-refractivity contribution is 0.0701. The SMILES string of the molecule is Cc1nc(CNC(=O)c2cccc(Cl)c2C)sc1C(=O)O. The van der Waals surface area contributed by atoms with Crippen molar-refractivity contribution in [2.24, 2.45) is 0 Å². The van der Waals surface area contributed by atoms with Crippen LogP contribution in [-0.2, 0) is 6.54 Å². The third kappa shape index (κ3) is 3.40. The molecular weight excluding hydrogens is 312 g/mol. The van der Waals surface area contributed by atoms with E-state index in [1.165, 1.54) is 0 Å². The predicted octanol–water partition coefficient (Wildman–Crippen LogP) is 3.04. The average Bonchev–Trinajstić information content (AvgIpc) is 2.80. The molecule has 0 fully saturated rings. The number of nitrogens with one attached hydrogen (secondary N) is 1. The molecule has 5 nitrogen and oxygen atoms in total. The van der Waals surface area contributed by atoms with Crippen LogP contribution in [0.5, 0.6) is 0 Å². The van der Waals surface area contributed by atoms with Crippen LogP contribution < -0.4 is 5.32 Å². The molecule has 0 aliphatic rings. The summed E-state index contributed by atoms with van der Waals surface area (Å²) in [5, 5.41) is 12.8. The zero-order chi connectivity index (χ0) is 15.6. The zero-order valence-corrected chi connectivity index (χ0v) is 13.0. The molecule has 1 amide bonds. The quantitative estimate of drug-likeness (QED) is 0.906. The van der Waals surface area contributed by atoms with Crippen molar-refractivity contribution in [1.29, 1.82) is 0 Å². The number of aryl methyl sites for hydroxylation is 1. The van der Waals surface area contributed by atoms with E-state index in [-0.39, 0.29) is 17.3 Å². The van der Waals surface area contributed by atoms with E-state index < -0.39 is 5.97 Å². The zero-order valence-electron chi connectivity index (χ0n) is 11.4. The molecule has 0 atom stereocenters. The number of carbonyl (C=O) groups is 2. The standard InChI is InChI=1S/C14H13ClN2O3S/c1-7-9(4-3-5-10(7)15)13(18)16-6-11-17-8(2)12(21-11)14(19)20/h3-5H,6H2,1-2H3,(H,16,18)(H,19,20). The summed E-state index contributed by atoms with van der Waals surface area (Å²) in [6.07, 6.45) is 0. The van der Waals surface area contributed by atoms with E-state index in [2.05, 4.69) is 10.3 Å². The van der Waals surface area contributed by atoms with Crippen molar-refractivity contribution >= 4 is 34.8 Å². The lowest BCUT2D eigenvalue weighted by Crippen LogP contribution is -2.23. The number of benzene rings is 1. The maximum Gasteiger partial charge on any atom is 0.347 e. The number of aromatic carboxylic acids is 1. The Kier molecular flexibility index (Phi) is 4.59. The average molecular weight is 325 g/mol. The Hall–Kier alpha value is -1.92. The van der Waals surface area contributed by atoms with Crippen molar-refractivity contribution in [2.75, 3.05) is 0 Å². The Morgan fingerprint density at radius 2 is 2.10 bits per heavy atom. The molecule has 0 aliphatic heterocycles. The minimum atomic E-state index is -1.01. The molecule has 2 aromatic rings. The van der Waals surface area contributed by atoms with Gasteiger partial charge in [0.2, 0.25) is 0 Å².